The predicted octanol–water partition coefficient (Wildman–Crippen LogP) is 7.77. The topological polar surface area (TPSA) is 26.3 Å². The SMILES string of the molecule is CCCCCCCC(=O)SCCC(CCC)O[Si](CCCC)CCCC. The molecule has 0 aromatic heterocycles. The molecule has 0 rings (SSSR count). The second-order valence-electron chi connectivity index (χ2n) is 7.45. The van der Waals surface area contributed by atoms with E-state index in [0.29, 0.717) is 11.2 Å². The predicted molar refractivity (Wildman–Crippen MR) is 120 cm³/mol. The zero-order valence-electron chi connectivity index (χ0n) is 18.1. The van der Waals surface area contributed by atoms with Crippen LogP contribution < -0.4 is 0 Å². The van der Waals surface area contributed by atoms with Crippen LogP contribution in [0.1, 0.15) is 111 Å². The molecule has 0 N–H and O–H groups in total. The first-order valence-electron chi connectivity index (χ1n) is 11.3. The van der Waals surface area contributed by atoms with E-state index < -0.39 is 9.04 Å². The zero-order valence-corrected chi connectivity index (χ0v) is 19.9. The number of rotatable bonds is 19. The highest BCUT2D eigenvalue weighted by Gasteiger charge is 2.18. The van der Waals surface area contributed by atoms with Crippen LogP contribution in [0.15, 0.2) is 0 Å². The van der Waals surface area contributed by atoms with Gasteiger partial charge in [0.1, 0.15) is 0 Å². The van der Waals surface area contributed by atoms with E-state index in [4.69, 9.17) is 4.43 Å². The van der Waals surface area contributed by atoms with Crippen molar-refractivity contribution < 1.29 is 9.22 Å². The molecule has 0 aliphatic carbocycles. The van der Waals surface area contributed by atoms with Gasteiger partial charge in [-0.25, -0.2) is 0 Å². The van der Waals surface area contributed by atoms with E-state index in [9.17, 15) is 4.79 Å². The number of thioether (sulfide) groups is 1. The molecule has 0 fully saturated rings. The molecular weight excluding hydrogens is 356 g/mol. The van der Waals surface area contributed by atoms with Crippen LogP contribution in [-0.4, -0.2) is 26.0 Å². The number of hydrogen-bond donors (Lipinski definition) is 0. The Kier molecular flexibility index (Phi) is 20.1. The van der Waals surface area contributed by atoms with Crippen LogP contribution in [-0.2, 0) is 9.22 Å². The fraction of sp³-hybridized carbons (Fsp3) is 0.955. The zero-order chi connectivity index (χ0) is 19.5. The van der Waals surface area contributed by atoms with Gasteiger partial charge in [-0.15, -0.1) is 0 Å². The molecule has 0 bridgehead atoms. The van der Waals surface area contributed by atoms with Gasteiger partial charge in [0.05, 0.1) is 0 Å². The fourth-order valence-corrected chi connectivity index (χ4v) is 6.65. The molecule has 0 spiro atoms. The summed E-state index contributed by atoms with van der Waals surface area (Å²) in [5, 5.41) is 0.388. The van der Waals surface area contributed by atoms with Crippen molar-refractivity contribution in [3.05, 3.63) is 0 Å². The van der Waals surface area contributed by atoms with Crippen molar-refractivity contribution in [2.45, 2.75) is 129 Å². The van der Waals surface area contributed by atoms with E-state index in [2.05, 4.69) is 27.7 Å². The lowest BCUT2D eigenvalue weighted by Gasteiger charge is -2.23. The van der Waals surface area contributed by atoms with Gasteiger partial charge < -0.3 is 4.43 Å². The van der Waals surface area contributed by atoms with Crippen LogP contribution >= 0.6 is 11.8 Å². The van der Waals surface area contributed by atoms with Gasteiger partial charge >= 0.3 is 0 Å². The van der Waals surface area contributed by atoms with Crippen molar-refractivity contribution in [1.29, 1.82) is 0 Å². The van der Waals surface area contributed by atoms with Gasteiger partial charge in [-0.05, 0) is 31.4 Å². The molecule has 0 aliphatic heterocycles. The highest BCUT2D eigenvalue weighted by Crippen LogP contribution is 2.20. The quantitative estimate of drug-likeness (QED) is 0.163. The Morgan fingerprint density at radius 1 is 0.808 bits per heavy atom. The van der Waals surface area contributed by atoms with Gasteiger partial charge in [-0.2, -0.15) is 0 Å². The van der Waals surface area contributed by atoms with Crippen LogP contribution in [0, 0.1) is 0 Å². The molecule has 4 heteroatoms. The third-order valence-corrected chi connectivity index (χ3v) is 8.20. The summed E-state index contributed by atoms with van der Waals surface area (Å²) in [5.41, 5.74) is 0. The van der Waals surface area contributed by atoms with E-state index in [1.54, 1.807) is 11.8 Å². The third kappa shape index (κ3) is 16.4. The Labute approximate surface area is 170 Å². The second kappa shape index (κ2) is 19.9. The monoisotopic (exact) mass is 401 g/mol. The molecule has 2 nitrogen and oxygen atoms in total. The lowest BCUT2D eigenvalue weighted by atomic mass is 10.1. The summed E-state index contributed by atoms with van der Waals surface area (Å²) in [4.78, 5) is 12.0. The molecule has 0 heterocycles. The molecule has 1 radical (unpaired) electrons. The summed E-state index contributed by atoms with van der Waals surface area (Å²) in [6.45, 7) is 9.02. The maximum Gasteiger partial charge on any atom is 0.211 e. The number of unbranched alkanes of at least 4 members (excludes halogenated alkanes) is 6. The molecule has 0 amide bonds. The first kappa shape index (κ1) is 26.2. The molecule has 0 aliphatic rings. The fourth-order valence-electron chi connectivity index (χ4n) is 3.06. The van der Waals surface area contributed by atoms with Crippen molar-refractivity contribution in [2.75, 3.05) is 5.75 Å². The van der Waals surface area contributed by atoms with Gasteiger partial charge in [-0.1, -0.05) is 97.2 Å². The Morgan fingerprint density at radius 2 is 1.42 bits per heavy atom. The molecular formula is C22H45O2SSi. The molecule has 0 aromatic rings. The van der Waals surface area contributed by atoms with Gasteiger partial charge in [-0.3, -0.25) is 4.79 Å². The molecule has 0 saturated carbocycles. The van der Waals surface area contributed by atoms with E-state index in [1.165, 1.54) is 69.9 Å². The second-order valence-corrected chi connectivity index (χ2v) is 10.9. The summed E-state index contributed by atoms with van der Waals surface area (Å²) >= 11 is 1.55. The summed E-state index contributed by atoms with van der Waals surface area (Å²) in [6.07, 6.45) is 15.8. The normalized spacial score (nSPS) is 12.7. The van der Waals surface area contributed by atoms with Crippen LogP contribution in [0.25, 0.3) is 0 Å². The Hall–Kier alpha value is 0.197. The van der Waals surface area contributed by atoms with E-state index in [0.717, 1.165) is 31.4 Å². The number of carbonyl (C=O) groups excluding carboxylic acids is 1. The Morgan fingerprint density at radius 3 is 2.00 bits per heavy atom. The van der Waals surface area contributed by atoms with Gasteiger partial charge in [0, 0.05) is 18.3 Å². The minimum Gasteiger partial charge on any atom is -0.414 e. The van der Waals surface area contributed by atoms with E-state index >= 15 is 0 Å². The molecule has 0 saturated heterocycles. The van der Waals surface area contributed by atoms with Crippen molar-refractivity contribution in [2.24, 2.45) is 0 Å². The maximum absolute atomic E-state index is 12.0. The Bertz CT molecular complexity index is 305. The third-order valence-electron chi connectivity index (χ3n) is 4.75. The van der Waals surface area contributed by atoms with Crippen LogP contribution in [0.2, 0.25) is 12.1 Å². The maximum atomic E-state index is 12.0. The van der Waals surface area contributed by atoms with Gasteiger partial charge in [0.2, 0.25) is 9.04 Å². The van der Waals surface area contributed by atoms with Crippen LogP contribution in [0.4, 0.5) is 0 Å². The minimum atomic E-state index is -0.657. The average Bonchev–Trinajstić information content (AvgIpc) is 2.63. The van der Waals surface area contributed by atoms with Gasteiger partial charge in [0.15, 0.2) is 5.12 Å². The molecule has 1 atom stereocenters. The summed E-state index contributed by atoms with van der Waals surface area (Å²) in [5.74, 6) is 0.940. The highest BCUT2D eigenvalue weighted by atomic mass is 32.2. The van der Waals surface area contributed by atoms with Crippen molar-refractivity contribution in [3.8, 4) is 0 Å². The number of hydrogen-bond acceptors (Lipinski definition) is 3. The summed E-state index contributed by atoms with van der Waals surface area (Å²) in [7, 11) is -0.657. The van der Waals surface area contributed by atoms with Crippen molar-refractivity contribution in [1.82, 2.24) is 0 Å². The molecule has 26 heavy (non-hydrogen) atoms. The average molecular weight is 402 g/mol. The summed E-state index contributed by atoms with van der Waals surface area (Å²) in [6, 6.07) is 2.59. The van der Waals surface area contributed by atoms with Crippen LogP contribution in [0.3, 0.4) is 0 Å². The number of carbonyl (C=O) groups is 1. The smallest absolute Gasteiger partial charge is 0.211 e. The molecule has 1 unspecified atom stereocenters. The van der Waals surface area contributed by atoms with Crippen LogP contribution in [0.5, 0.6) is 0 Å². The standard InChI is InChI=1S/C22H45O2SSi/c1-5-9-12-13-14-16-22(23)25-18-17-21(15-8-4)24-26(19-10-6-2)20-11-7-3/h21H,5-20H2,1-4H3. The minimum absolute atomic E-state index is 0.382. The first-order valence-corrected chi connectivity index (χ1v) is 14.2. The highest BCUT2D eigenvalue weighted by molar-refractivity contribution is 8.13. The lowest BCUT2D eigenvalue weighted by molar-refractivity contribution is -0.111. The largest absolute Gasteiger partial charge is 0.414 e. The Balaban J connectivity index is 4.08. The van der Waals surface area contributed by atoms with Crippen molar-refractivity contribution >= 4 is 25.9 Å². The first-order chi connectivity index (χ1) is 12.7. The summed E-state index contributed by atoms with van der Waals surface area (Å²) < 4.78 is 6.58. The van der Waals surface area contributed by atoms with E-state index in [1.807, 2.05) is 0 Å². The van der Waals surface area contributed by atoms with Crippen molar-refractivity contribution in [3.63, 3.8) is 0 Å². The lowest BCUT2D eigenvalue weighted by Crippen LogP contribution is -2.26. The van der Waals surface area contributed by atoms with E-state index in [-0.39, 0.29) is 0 Å². The van der Waals surface area contributed by atoms with Gasteiger partial charge in [0.25, 0.3) is 0 Å². The molecule has 155 valence electrons. The molecule has 0 aromatic carbocycles.